The molecule has 2 rings (SSSR count). The van der Waals surface area contributed by atoms with E-state index >= 15 is 0 Å². The summed E-state index contributed by atoms with van der Waals surface area (Å²) in [6.07, 6.45) is 3.03. The van der Waals surface area contributed by atoms with Gasteiger partial charge in [0.15, 0.2) is 0 Å². The van der Waals surface area contributed by atoms with Gasteiger partial charge in [0.2, 0.25) is 0 Å². The largest absolute Gasteiger partial charge is 0.387 e. The predicted molar refractivity (Wildman–Crippen MR) is 59.8 cm³/mol. The lowest BCUT2D eigenvalue weighted by atomic mass is 9.64. The third kappa shape index (κ3) is 1.84. The monoisotopic (exact) mass is 224 g/mol. The summed E-state index contributed by atoms with van der Waals surface area (Å²) >= 11 is 0. The van der Waals surface area contributed by atoms with Crippen molar-refractivity contribution in [1.29, 1.82) is 5.26 Å². The van der Waals surface area contributed by atoms with Crippen molar-refractivity contribution in [2.24, 2.45) is 5.41 Å². The molecule has 0 saturated carbocycles. The molecule has 90 valence electrons. The molecule has 16 heavy (non-hydrogen) atoms. The number of hydrogen-bond donors (Lipinski definition) is 1. The molecule has 1 N–H and O–H groups in total. The Labute approximate surface area is 96.8 Å². The number of aliphatic hydroxyl groups is 1. The topological polar surface area (TPSA) is 56.5 Å². The molecule has 1 unspecified atom stereocenters. The molecule has 4 nitrogen and oxygen atoms in total. The summed E-state index contributed by atoms with van der Waals surface area (Å²) < 4.78 is 5.31. The zero-order chi connectivity index (χ0) is 11.6. The van der Waals surface area contributed by atoms with Gasteiger partial charge in [-0.05, 0) is 39.3 Å². The van der Waals surface area contributed by atoms with Gasteiger partial charge in [-0.15, -0.1) is 0 Å². The zero-order valence-corrected chi connectivity index (χ0v) is 9.91. The Balaban J connectivity index is 2.21. The normalized spacial score (nSPS) is 35.6. The highest BCUT2D eigenvalue weighted by Crippen LogP contribution is 2.44. The fourth-order valence-electron chi connectivity index (χ4n) is 3.04. The van der Waals surface area contributed by atoms with Crippen molar-refractivity contribution >= 4 is 0 Å². The van der Waals surface area contributed by atoms with Crippen LogP contribution in [0.2, 0.25) is 0 Å². The van der Waals surface area contributed by atoms with Gasteiger partial charge in [0, 0.05) is 19.8 Å². The molecule has 2 aliphatic rings. The summed E-state index contributed by atoms with van der Waals surface area (Å²) in [6, 6.07) is 2.39. The van der Waals surface area contributed by atoms with Gasteiger partial charge < -0.3 is 14.7 Å². The average Bonchev–Trinajstić information content (AvgIpc) is 2.29. The first-order chi connectivity index (χ1) is 7.62. The van der Waals surface area contributed by atoms with Crippen molar-refractivity contribution in [2.75, 3.05) is 33.4 Å². The van der Waals surface area contributed by atoms with Crippen LogP contribution in [0.1, 0.15) is 25.7 Å². The Hall–Kier alpha value is -0.630. The molecular weight excluding hydrogens is 204 g/mol. The van der Waals surface area contributed by atoms with Crippen molar-refractivity contribution in [1.82, 2.24) is 4.90 Å². The van der Waals surface area contributed by atoms with E-state index in [9.17, 15) is 10.4 Å². The van der Waals surface area contributed by atoms with Crippen LogP contribution in [0.25, 0.3) is 0 Å². The Morgan fingerprint density at radius 3 is 2.56 bits per heavy atom. The fourth-order valence-corrected chi connectivity index (χ4v) is 3.04. The second-order valence-corrected chi connectivity index (χ2v) is 5.18. The van der Waals surface area contributed by atoms with E-state index in [1.54, 1.807) is 0 Å². The summed E-state index contributed by atoms with van der Waals surface area (Å²) in [5.74, 6) is 0. The highest BCUT2D eigenvalue weighted by atomic mass is 16.5. The maximum atomic E-state index is 10.8. The number of hydrogen-bond acceptors (Lipinski definition) is 4. The van der Waals surface area contributed by atoms with Crippen LogP contribution in [-0.2, 0) is 4.74 Å². The van der Waals surface area contributed by atoms with Gasteiger partial charge in [-0.25, -0.2) is 0 Å². The van der Waals surface area contributed by atoms with Crippen LogP contribution in [0.3, 0.4) is 0 Å². The highest BCUT2D eigenvalue weighted by molar-refractivity contribution is 5.14. The smallest absolute Gasteiger partial charge is 0.0961 e. The maximum Gasteiger partial charge on any atom is 0.0961 e. The van der Waals surface area contributed by atoms with Gasteiger partial charge >= 0.3 is 0 Å². The minimum absolute atomic E-state index is 0.597. The van der Waals surface area contributed by atoms with Gasteiger partial charge in [0.05, 0.1) is 17.1 Å². The summed E-state index contributed by atoms with van der Waals surface area (Å²) in [4.78, 5) is 2.12. The molecule has 0 radical (unpaired) electrons. The Morgan fingerprint density at radius 1 is 1.31 bits per heavy atom. The van der Waals surface area contributed by atoms with E-state index in [1.807, 2.05) is 7.05 Å². The van der Waals surface area contributed by atoms with Gasteiger partial charge in [-0.1, -0.05) is 0 Å². The van der Waals surface area contributed by atoms with Crippen LogP contribution in [0.15, 0.2) is 0 Å². The van der Waals surface area contributed by atoms with Crippen LogP contribution < -0.4 is 0 Å². The fraction of sp³-hybridized carbons (Fsp3) is 0.917. The van der Waals surface area contributed by atoms with E-state index in [2.05, 4.69) is 11.0 Å². The lowest BCUT2D eigenvalue weighted by molar-refractivity contribution is -0.133. The molecule has 0 spiro atoms. The van der Waals surface area contributed by atoms with Gasteiger partial charge in [0.25, 0.3) is 0 Å². The van der Waals surface area contributed by atoms with Crippen LogP contribution >= 0.6 is 0 Å². The third-order valence-electron chi connectivity index (χ3n) is 4.11. The molecule has 0 amide bonds. The molecule has 0 aliphatic carbocycles. The molecule has 0 bridgehead atoms. The minimum Gasteiger partial charge on any atom is -0.387 e. The van der Waals surface area contributed by atoms with Crippen LogP contribution in [-0.4, -0.2) is 49.0 Å². The first-order valence-corrected chi connectivity index (χ1v) is 6.02. The maximum absolute atomic E-state index is 10.8. The molecule has 2 aliphatic heterocycles. The number of piperidine rings is 1. The van der Waals surface area contributed by atoms with E-state index in [-0.39, 0.29) is 0 Å². The molecule has 0 aromatic carbocycles. The van der Waals surface area contributed by atoms with E-state index in [1.165, 1.54) is 0 Å². The van der Waals surface area contributed by atoms with Crippen molar-refractivity contribution in [3.8, 4) is 6.07 Å². The number of rotatable bonds is 1. The first kappa shape index (κ1) is 11.8. The standard InChI is InChI=1S/C12H20N2O2/c1-14-6-2-3-12(15,10-14)11(9-13)4-7-16-8-5-11/h15H,2-8,10H2,1H3. The van der Waals surface area contributed by atoms with E-state index in [4.69, 9.17) is 4.74 Å². The molecule has 0 aromatic rings. The van der Waals surface area contributed by atoms with Crippen LogP contribution in [0.5, 0.6) is 0 Å². The Bertz CT molecular complexity index is 294. The summed E-state index contributed by atoms with van der Waals surface area (Å²) in [5, 5.41) is 20.3. The number of nitriles is 1. The summed E-state index contributed by atoms with van der Waals surface area (Å²) in [7, 11) is 2.01. The molecule has 2 fully saturated rings. The molecular formula is C12H20N2O2. The molecule has 2 heterocycles. The molecule has 2 saturated heterocycles. The lowest BCUT2D eigenvalue weighted by Crippen LogP contribution is -2.58. The van der Waals surface area contributed by atoms with E-state index in [0.29, 0.717) is 32.6 Å². The highest BCUT2D eigenvalue weighted by Gasteiger charge is 2.52. The Morgan fingerprint density at radius 2 is 2.00 bits per heavy atom. The molecule has 0 aromatic heterocycles. The third-order valence-corrected chi connectivity index (χ3v) is 4.11. The summed E-state index contributed by atoms with van der Waals surface area (Å²) in [6.45, 7) is 2.82. The average molecular weight is 224 g/mol. The second kappa shape index (κ2) is 4.33. The summed E-state index contributed by atoms with van der Waals surface area (Å²) in [5.41, 5.74) is -1.45. The van der Waals surface area contributed by atoms with Gasteiger partial charge in [0.1, 0.15) is 0 Å². The van der Waals surface area contributed by atoms with Crippen molar-refractivity contribution in [2.45, 2.75) is 31.3 Å². The second-order valence-electron chi connectivity index (χ2n) is 5.18. The quantitative estimate of drug-likeness (QED) is 0.714. The van der Waals surface area contributed by atoms with Crippen molar-refractivity contribution in [3.63, 3.8) is 0 Å². The Kier molecular flexibility index (Phi) is 3.20. The number of ether oxygens (including phenoxy) is 1. The van der Waals surface area contributed by atoms with Crippen molar-refractivity contribution < 1.29 is 9.84 Å². The number of likely N-dealkylation sites (N-methyl/N-ethyl adjacent to an activating group) is 1. The number of likely N-dealkylation sites (tertiary alicyclic amines) is 1. The van der Waals surface area contributed by atoms with Gasteiger partial charge in [-0.2, -0.15) is 5.26 Å². The SMILES string of the molecule is CN1CCCC(O)(C2(C#N)CCOCC2)C1. The van der Waals surface area contributed by atoms with E-state index < -0.39 is 11.0 Å². The minimum atomic E-state index is -0.849. The van der Waals surface area contributed by atoms with Crippen molar-refractivity contribution in [3.05, 3.63) is 0 Å². The molecule has 4 heteroatoms. The number of β-amino-alcohol motifs (C(OH)–C–C–N with tert-alkyl or cyclic N) is 1. The zero-order valence-electron chi connectivity index (χ0n) is 9.91. The lowest BCUT2D eigenvalue weighted by Gasteiger charge is -2.49. The van der Waals surface area contributed by atoms with Gasteiger partial charge in [-0.3, -0.25) is 0 Å². The van der Waals surface area contributed by atoms with E-state index in [0.717, 1.165) is 19.4 Å². The predicted octanol–water partition coefficient (Wildman–Crippen LogP) is 0.763. The number of nitrogens with zero attached hydrogens (tertiary/aromatic N) is 2. The first-order valence-electron chi connectivity index (χ1n) is 6.02. The van der Waals surface area contributed by atoms with Crippen LogP contribution in [0, 0.1) is 16.7 Å². The van der Waals surface area contributed by atoms with Crippen LogP contribution in [0.4, 0.5) is 0 Å². The molecule has 1 atom stereocenters.